The predicted octanol–water partition coefficient (Wildman–Crippen LogP) is 5.55. The van der Waals surface area contributed by atoms with E-state index >= 15 is 0 Å². The highest BCUT2D eigenvalue weighted by molar-refractivity contribution is 7.80. The van der Waals surface area contributed by atoms with Gasteiger partial charge >= 0.3 is 0 Å². The van der Waals surface area contributed by atoms with E-state index in [1.165, 1.54) is 0 Å². The number of fused-ring (bicyclic) bond motifs is 4. The molecule has 9 heteroatoms. The van der Waals surface area contributed by atoms with Crippen LogP contribution in [0.3, 0.4) is 0 Å². The van der Waals surface area contributed by atoms with Gasteiger partial charge in [0, 0.05) is 22.0 Å². The average Bonchev–Trinajstić information content (AvgIpc) is 2.86. The Balaban J connectivity index is 1.61. The lowest BCUT2D eigenvalue weighted by Crippen LogP contribution is -2.72. The van der Waals surface area contributed by atoms with Gasteiger partial charge in [-0.3, -0.25) is 9.69 Å². The summed E-state index contributed by atoms with van der Waals surface area (Å²) in [7, 11) is 1.60. The van der Waals surface area contributed by atoms with Crippen LogP contribution in [0, 0.1) is 5.92 Å². The second-order valence-electron chi connectivity index (χ2n) is 8.70. The minimum atomic E-state index is -1.17. The molecule has 7 nitrogen and oxygen atoms in total. The Labute approximate surface area is 220 Å². The number of carbonyl (C=O) groups is 1. The van der Waals surface area contributed by atoms with Gasteiger partial charge in [0.2, 0.25) is 5.91 Å². The molecule has 1 saturated heterocycles. The minimum Gasteiger partial charge on any atom is -0.497 e. The smallest absolute Gasteiger partial charge is 0.236 e. The van der Waals surface area contributed by atoms with Crippen LogP contribution in [0.25, 0.3) is 0 Å². The summed E-state index contributed by atoms with van der Waals surface area (Å²) < 4.78 is 17.8. The zero-order valence-corrected chi connectivity index (χ0v) is 21.7. The van der Waals surface area contributed by atoms with Crippen molar-refractivity contribution < 1.29 is 19.0 Å². The number of nitrogens with zero attached hydrogens (tertiary/aromatic N) is 1. The molecule has 2 bridgehead atoms. The van der Waals surface area contributed by atoms with Gasteiger partial charge in [0.1, 0.15) is 11.7 Å². The van der Waals surface area contributed by atoms with Crippen molar-refractivity contribution in [1.29, 1.82) is 0 Å². The van der Waals surface area contributed by atoms with Crippen molar-refractivity contribution in [3.8, 4) is 17.2 Å². The van der Waals surface area contributed by atoms with Gasteiger partial charge in [0.15, 0.2) is 22.3 Å². The van der Waals surface area contributed by atoms with Gasteiger partial charge in [-0.25, -0.2) is 0 Å². The van der Waals surface area contributed by atoms with E-state index in [-0.39, 0.29) is 5.91 Å². The molecule has 2 aliphatic heterocycles. The SMILES string of the molecule is CCOc1cccc2c1O[C@]1(C)[C@H](C(=O)Nc3ccc(OC)cc3)[C@@H]2NC(=S)N1c1ccc(Cl)cc1. The maximum absolute atomic E-state index is 13.9. The monoisotopic (exact) mass is 523 g/mol. The summed E-state index contributed by atoms with van der Waals surface area (Å²) in [5.74, 6) is 1.02. The maximum Gasteiger partial charge on any atom is 0.236 e. The first-order valence-corrected chi connectivity index (χ1v) is 12.4. The third-order valence-corrected chi connectivity index (χ3v) is 7.07. The molecule has 2 heterocycles. The summed E-state index contributed by atoms with van der Waals surface area (Å²) in [5.41, 5.74) is 1.04. The first-order valence-electron chi connectivity index (χ1n) is 11.6. The molecule has 186 valence electrons. The molecule has 3 atom stereocenters. The van der Waals surface area contributed by atoms with Gasteiger partial charge in [-0.1, -0.05) is 23.7 Å². The molecule has 0 radical (unpaired) electrons. The summed E-state index contributed by atoms with van der Waals surface area (Å²) in [6, 6.07) is 19.7. The zero-order valence-electron chi connectivity index (χ0n) is 20.1. The minimum absolute atomic E-state index is 0.214. The number of para-hydroxylation sites is 1. The van der Waals surface area contributed by atoms with Crippen LogP contribution in [0.4, 0.5) is 11.4 Å². The van der Waals surface area contributed by atoms with Crippen LogP contribution in [0.5, 0.6) is 17.2 Å². The van der Waals surface area contributed by atoms with E-state index in [0.29, 0.717) is 39.7 Å². The molecule has 3 aromatic carbocycles. The van der Waals surface area contributed by atoms with E-state index < -0.39 is 17.7 Å². The van der Waals surface area contributed by atoms with Gasteiger partial charge in [-0.15, -0.1) is 0 Å². The molecule has 3 aromatic rings. The first kappa shape index (κ1) is 24.2. The largest absolute Gasteiger partial charge is 0.497 e. The number of ether oxygens (including phenoxy) is 3. The fourth-order valence-corrected chi connectivity index (χ4v) is 5.45. The lowest BCUT2D eigenvalue weighted by Gasteiger charge is -2.56. The quantitative estimate of drug-likeness (QED) is 0.411. The fourth-order valence-electron chi connectivity index (χ4n) is 4.91. The Kier molecular flexibility index (Phi) is 6.40. The van der Waals surface area contributed by atoms with Gasteiger partial charge in [0.05, 0.1) is 19.8 Å². The molecular formula is C27H26ClN3O4S. The highest BCUT2D eigenvalue weighted by Crippen LogP contribution is 2.52. The number of anilines is 2. The highest BCUT2D eigenvalue weighted by Gasteiger charge is 2.59. The number of halogens is 1. The number of rotatable bonds is 6. The van der Waals surface area contributed by atoms with E-state index in [0.717, 1.165) is 11.3 Å². The third-order valence-electron chi connectivity index (χ3n) is 6.51. The maximum atomic E-state index is 13.9. The molecule has 5 rings (SSSR count). The zero-order chi connectivity index (χ0) is 25.4. The van der Waals surface area contributed by atoms with Crippen LogP contribution in [0.2, 0.25) is 5.02 Å². The standard InChI is InChI=1S/C27H26ClN3O4S/c1-4-34-21-7-5-6-20-23-22(25(32)29-17-10-14-19(33-3)15-11-17)27(2,35-24(20)21)31(26(36)30-23)18-12-8-16(28)9-13-18/h5-15,22-23H,4H2,1-3H3,(H,29,32)(H,30,36)/t22-,23+,27+/m0/s1. The second kappa shape index (κ2) is 9.52. The fraction of sp³-hybridized carbons (Fsp3) is 0.259. The third kappa shape index (κ3) is 4.10. The van der Waals surface area contributed by atoms with Crippen LogP contribution in [-0.4, -0.2) is 30.5 Å². The summed E-state index contributed by atoms with van der Waals surface area (Å²) in [6.45, 7) is 4.28. The lowest BCUT2D eigenvalue weighted by atomic mass is 9.78. The normalized spacial score (nSPS) is 22.1. The summed E-state index contributed by atoms with van der Waals surface area (Å²) >= 11 is 12.0. The van der Waals surface area contributed by atoms with Crippen molar-refractivity contribution in [2.24, 2.45) is 5.92 Å². The predicted molar refractivity (Wildman–Crippen MR) is 144 cm³/mol. The Hall–Kier alpha value is -3.49. The topological polar surface area (TPSA) is 72.1 Å². The molecule has 0 spiro atoms. The molecule has 0 unspecified atom stereocenters. The molecule has 0 saturated carbocycles. The van der Waals surface area contributed by atoms with E-state index in [9.17, 15) is 4.79 Å². The Morgan fingerprint density at radius 3 is 2.56 bits per heavy atom. The molecular weight excluding hydrogens is 498 g/mol. The van der Waals surface area contributed by atoms with Crippen molar-refractivity contribution in [3.05, 3.63) is 77.3 Å². The van der Waals surface area contributed by atoms with Crippen molar-refractivity contribution in [2.75, 3.05) is 23.9 Å². The van der Waals surface area contributed by atoms with Gasteiger partial charge in [-0.05, 0) is 80.7 Å². The van der Waals surface area contributed by atoms with Crippen LogP contribution >= 0.6 is 23.8 Å². The first-order chi connectivity index (χ1) is 17.4. The van der Waals surface area contributed by atoms with Crippen LogP contribution in [-0.2, 0) is 4.79 Å². The average molecular weight is 524 g/mol. The number of methoxy groups -OCH3 is 1. The number of amides is 1. The Morgan fingerprint density at radius 2 is 1.89 bits per heavy atom. The molecule has 0 aromatic heterocycles. The van der Waals surface area contributed by atoms with Crippen LogP contribution < -0.4 is 29.7 Å². The Morgan fingerprint density at radius 1 is 1.17 bits per heavy atom. The molecule has 2 N–H and O–H groups in total. The molecule has 2 aliphatic rings. The molecule has 1 fully saturated rings. The number of carbonyl (C=O) groups excluding carboxylic acids is 1. The van der Waals surface area contributed by atoms with Gasteiger partial charge in [0.25, 0.3) is 0 Å². The summed E-state index contributed by atoms with van der Waals surface area (Å²) in [4.78, 5) is 15.7. The number of thiocarbonyl (C=S) groups is 1. The molecule has 0 aliphatic carbocycles. The molecule has 1 amide bonds. The van der Waals surface area contributed by atoms with Crippen molar-refractivity contribution in [3.63, 3.8) is 0 Å². The lowest BCUT2D eigenvalue weighted by molar-refractivity contribution is -0.130. The van der Waals surface area contributed by atoms with E-state index in [1.807, 2.05) is 49.1 Å². The van der Waals surface area contributed by atoms with Crippen LogP contribution in [0.1, 0.15) is 25.5 Å². The number of hydrogen-bond acceptors (Lipinski definition) is 5. The van der Waals surface area contributed by atoms with Gasteiger partial charge in [-0.2, -0.15) is 0 Å². The van der Waals surface area contributed by atoms with Crippen molar-refractivity contribution in [2.45, 2.75) is 25.6 Å². The highest BCUT2D eigenvalue weighted by atomic mass is 35.5. The Bertz CT molecular complexity index is 1300. The number of nitrogens with one attached hydrogen (secondary N) is 2. The van der Waals surface area contributed by atoms with Crippen molar-refractivity contribution >= 4 is 46.2 Å². The van der Waals surface area contributed by atoms with Crippen LogP contribution in [0.15, 0.2) is 66.7 Å². The van der Waals surface area contributed by atoms with Gasteiger partial charge < -0.3 is 24.8 Å². The van der Waals surface area contributed by atoms with Crippen molar-refractivity contribution in [1.82, 2.24) is 5.32 Å². The van der Waals surface area contributed by atoms with E-state index in [2.05, 4.69) is 10.6 Å². The summed E-state index contributed by atoms with van der Waals surface area (Å²) in [6.07, 6.45) is 0. The molecule has 36 heavy (non-hydrogen) atoms. The number of benzene rings is 3. The number of hydrogen-bond donors (Lipinski definition) is 2. The van der Waals surface area contributed by atoms with E-state index in [1.54, 1.807) is 43.5 Å². The second-order valence-corrected chi connectivity index (χ2v) is 9.52. The van der Waals surface area contributed by atoms with E-state index in [4.69, 9.17) is 38.0 Å². The summed E-state index contributed by atoms with van der Waals surface area (Å²) in [5, 5.41) is 7.50.